The second kappa shape index (κ2) is 8.22. The standard InChI is InChI=1S/C19H21FN4O4/c1-12-10-23(11-13(2)28-12)17-8-7-14(9-15(17)20)21-19(25)22-16-5-3-4-6-18(16)24(26)27/h3-9,12-13H,10-11H2,1-2H3,(H2,21,22,25)/t12-,13-/m1/s1. The quantitative estimate of drug-likeness (QED) is 0.610. The molecule has 3 rings (SSSR count). The molecule has 0 unspecified atom stereocenters. The maximum atomic E-state index is 14.6. The van der Waals surface area contributed by atoms with E-state index in [0.717, 1.165) is 0 Å². The van der Waals surface area contributed by atoms with Gasteiger partial charge in [-0.1, -0.05) is 12.1 Å². The van der Waals surface area contributed by atoms with E-state index < -0.39 is 16.8 Å². The summed E-state index contributed by atoms with van der Waals surface area (Å²) in [6, 6.07) is 9.48. The molecule has 2 aromatic carbocycles. The van der Waals surface area contributed by atoms with Crippen molar-refractivity contribution >= 4 is 28.8 Å². The molecule has 9 heteroatoms. The summed E-state index contributed by atoms with van der Waals surface area (Å²) in [5.74, 6) is -0.468. The Morgan fingerprint density at radius 2 is 1.86 bits per heavy atom. The minimum atomic E-state index is -0.699. The number of para-hydroxylation sites is 2. The molecule has 2 atom stereocenters. The van der Waals surface area contributed by atoms with Crippen molar-refractivity contribution in [2.45, 2.75) is 26.1 Å². The van der Waals surface area contributed by atoms with E-state index in [2.05, 4.69) is 10.6 Å². The van der Waals surface area contributed by atoms with Gasteiger partial charge >= 0.3 is 6.03 Å². The second-order valence-electron chi connectivity index (χ2n) is 6.68. The van der Waals surface area contributed by atoms with E-state index in [1.165, 1.54) is 24.3 Å². The van der Waals surface area contributed by atoms with Gasteiger partial charge in [0.05, 0.1) is 22.8 Å². The summed E-state index contributed by atoms with van der Waals surface area (Å²) in [5.41, 5.74) is 0.506. The van der Waals surface area contributed by atoms with Crippen LogP contribution in [0.5, 0.6) is 0 Å². The number of hydrogen-bond donors (Lipinski definition) is 2. The fraction of sp³-hybridized carbons (Fsp3) is 0.316. The first-order valence-corrected chi connectivity index (χ1v) is 8.85. The maximum Gasteiger partial charge on any atom is 0.323 e. The molecule has 1 heterocycles. The van der Waals surface area contributed by atoms with Gasteiger partial charge in [0.2, 0.25) is 0 Å². The Bertz CT molecular complexity index is 882. The summed E-state index contributed by atoms with van der Waals surface area (Å²) in [6.45, 7) is 5.02. The zero-order valence-corrected chi connectivity index (χ0v) is 15.5. The largest absolute Gasteiger partial charge is 0.372 e. The Kier molecular flexibility index (Phi) is 5.74. The minimum absolute atomic E-state index is 0.00612. The van der Waals surface area contributed by atoms with E-state index in [9.17, 15) is 19.3 Å². The first kappa shape index (κ1) is 19.6. The van der Waals surface area contributed by atoms with Crippen LogP contribution in [0.15, 0.2) is 42.5 Å². The highest BCUT2D eigenvalue weighted by Crippen LogP contribution is 2.27. The molecule has 2 N–H and O–H groups in total. The number of benzene rings is 2. The van der Waals surface area contributed by atoms with Gasteiger partial charge in [-0.05, 0) is 38.1 Å². The van der Waals surface area contributed by atoms with Gasteiger partial charge in [-0.3, -0.25) is 10.1 Å². The van der Waals surface area contributed by atoms with Crippen molar-refractivity contribution in [3.8, 4) is 0 Å². The van der Waals surface area contributed by atoms with Crippen LogP contribution in [0.1, 0.15) is 13.8 Å². The Morgan fingerprint density at radius 3 is 2.50 bits per heavy atom. The molecule has 2 amide bonds. The van der Waals surface area contributed by atoms with Crippen LogP contribution in [-0.4, -0.2) is 36.3 Å². The third kappa shape index (κ3) is 4.55. The van der Waals surface area contributed by atoms with Gasteiger partial charge < -0.3 is 20.3 Å². The normalized spacial score (nSPS) is 19.2. The number of rotatable bonds is 4. The average molecular weight is 388 g/mol. The van der Waals surface area contributed by atoms with Crippen molar-refractivity contribution in [2.75, 3.05) is 28.6 Å². The van der Waals surface area contributed by atoms with Crippen LogP contribution in [0, 0.1) is 15.9 Å². The third-order valence-corrected chi connectivity index (χ3v) is 4.31. The summed E-state index contributed by atoms with van der Waals surface area (Å²) in [7, 11) is 0. The fourth-order valence-electron chi connectivity index (χ4n) is 3.24. The molecule has 8 nitrogen and oxygen atoms in total. The van der Waals surface area contributed by atoms with Crippen LogP contribution in [0.4, 0.5) is 31.9 Å². The molecule has 0 aromatic heterocycles. The van der Waals surface area contributed by atoms with Crippen LogP contribution in [0.2, 0.25) is 0 Å². The predicted molar refractivity (Wildman–Crippen MR) is 104 cm³/mol. The SMILES string of the molecule is C[C@@H]1CN(c2ccc(NC(=O)Nc3ccccc3[N+](=O)[O-])cc2F)C[C@@H](C)O1. The van der Waals surface area contributed by atoms with Crippen molar-refractivity contribution in [1.29, 1.82) is 0 Å². The first-order valence-electron chi connectivity index (χ1n) is 8.85. The highest BCUT2D eigenvalue weighted by molar-refractivity contribution is 6.01. The Labute approximate surface area is 161 Å². The number of carbonyl (C=O) groups is 1. The van der Waals surface area contributed by atoms with E-state index in [0.29, 0.717) is 18.8 Å². The van der Waals surface area contributed by atoms with E-state index in [1.807, 2.05) is 18.7 Å². The molecule has 0 saturated carbocycles. The van der Waals surface area contributed by atoms with Gasteiger partial charge in [0.1, 0.15) is 11.5 Å². The molecule has 148 valence electrons. The summed E-state index contributed by atoms with van der Waals surface area (Å²) >= 11 is 0. The molecule has 28 heavy (non-hydrogen) atoms. The number of halogens is 1. The topological polar surface area (TPSA) is 96.7 Å². The summed E-state index contributed by atoms with van der Waals surface area (Å²) in [6.07, 6.45) is -0.0122. The zero-order valence-electron chi connectivity index (χ0n) is 15.5. The number of amides is 2. The molecule has 0 aliphatic carbocycles. The molecule has 1 aliphatic heterocycles. The molecule has 1 fully saturated rings. The number of nitro benzene ring substituents is 1. The molecule has 2 aromatic rings. The third-order valence-electron chi connectivity index (χ3n) is 4.31. The van der Waals surface area contributed by atoms with E-state index in [-0.39, 0.29) is 29.3 Å². The number of nitrogens with zero attached hydrogens (tertiary/aromatic N) is 2. The molecule has 1 aliphatic rings. The van der Waals surface area contributed by atoms with Crippen LogP contribution >= 0.6 is 0 Å². The summed E-state index contributed by atoms with van der Waals surface area (Å²) < 4.78 is 20.3. The molecule has 1 saturated heterocycles. The Morgan fingerprint density at radius 1 is 1.18 bits per heavy atom. The number of urea groups is 1. The van der Waals surface area contributed by atoms with Gasteiger partial charge in [-0.25, -0.2) is 9.18 Å². The van der Waals surface area contributed by atoms with Gasteiger partial charge in [0.15, 0.2) is 0 Å². The van der Waals surface area contributed by atoms with Crippen LogP contribution < -0.4 is 15.5 Å². The van der Waals surface area contributed by atoms with Crippen molar-refractivity contribution in [3.63, 3.8) is 0 Å². The monoisotopic (exact) mass is 388 g/mol. The maximum absolute atomic E-state index is 14.6. The Balaban J connectivity index is 1.69. The lowest BCUT2D eigenvalue weighted by molar-refractivity contribution is -0.383. The summed E-state index contributed by atoms with van der Waals surface area (Å²) in [5, 5.41) is 15.9. The lowest BCUT2D eigenvalue weighted by Crippen LogP contribution is -2.45. The van der Waals surface area contributed by atoms with Gasteiger partial charge in [-0.15, -0.1) is 0 Å². The second-order valence-corrected chi connectivity index (χ2v) is 6.68. The highest BCUT2D eigenvalue weighted by Gasteiger charge is 2.24. The highest BCUT2D eigenvalue weighted by atomic mass is 19.1. The van der Waals surface area contributed by atoms with Gasteiger partial charge in [-0.2, -0.15) is 0 Å². The van der Waals surface area contributed by atoms with Gasteiger partial charge in [0, 0.05) is 24.8 Å². The predicted octanol–water partition coefficient (Wildman–Crippen LogP) is 3.99. The van der Waals surface area contributed by atoms with Crippen LogP contribution in [0.3, 0.4) is 0 Å². The van der Waals surface area contributed by atoms with Crippen LogP contribution in [0.25, 0.3) is 0 Å². The number of anilines is 3. The number of hydrogen-bond acceptors (Lipinski definition) is 5. The number of carbonyl (C=O) groups excluding carboxylic acids is 1. The summed E-state index contributed by atoms with van der Waals surface area (Å²) in [4.78, 5) is 24.5. The lowest BCUT2D eigenvalue weighted by atomic mass is 10.2. The number of morpholine rings is 1. The number of ether oxygens (including phenoxy) is 1. The average Bonchev–Trinajstić information content (AvgIpc) is 2.61. The Hall–Kier alpha value is -3.20. The fourth-order valence-corrected chi connectivity index (χ4v) is 3.24. The molecule has 0 radical (unpaired) electrons. The van der Waals surface area contributed by atoms with E-state index in [4.69, 9.17) is 4.74 Å². The molecule has 0 spiro atoms. The first-order chi connectivity index (χ1) is 13.3. The smallest absolute Gasteiger partial charge is 0.323 e. The zero-order chi connectivity index (χ0) is 20.3. The minimum Gasteiger partial charge on any atom is -0.372 e. The lowest BCUT2D eigenvalue weighted by Gasteiger charge is -2.37. The van der Waals surface area contributed by atoms with E-state index in [1.54, 1.807) is 18.2 Å². The van der Waals surface area contributed by atoms with Crippen molar-refractivity contribution < 1.29 is 18.8 Å². The molecule has 0 bridgehead atoms. The molecular weight excluding hydrogens is 367 g/mol. The van der Waals surface area contributed by atoms with Crippen LogP contribution in [-0.2, 0) is 4.74 Å². The number of nitrogens with one attached hydrogen (secondary N) is 2. The van der Waals surface area contributed by atoms with Gasteiger partial charge in [0.25, 0.3) is 5.69 Å². The number of nitro groups is 1. The van der Waals surface area contributed by atoms with E-state index >= 15 is 0 Å². The molecular formula is C19H21FN4O4. The van der Waals surface area contributed by atoms with Crippen molar-refractivity contribution in [2.24, 2.45) is 0 Å². The van der Waals surface area contributed by atoms with Crippen molar-refractivity contribution in [1.82, 2.24) is 0 Å². The van der Waals surface area contributed by atoms with Crippen molar-refractivity contribution in [3.05, 3.63) is 58.4 Å².